The van der Waals surface area contributed by atoms with E-state index in [0.29, 0.717) is 15.5 Å². The van der Waals surface area contributed by atoms with Crippen LogP contribution in [0, 0.1) is 0 Å². The predicted octanol–water partition coefficient (Wildman–Crippen LogP) is 4.66. The van der Waals surface area contributed by atoms with Crippen LogP contribution in [-0.2, 0) is 9.53 Å². The standard InChI is InChI=1S/C17H16ClFO3S/c1-2-22-17(21)14(19)10-13(11-5-7-12(18)8-6-11)16(20)15-4-3-9-23-15/h3-9,13-14H,2,10H2,1H3. The highest BCUT2D eigenvalue weighted by Crippen LogP contribution is 2.29. The topological polar surface area (TPSA) is 43.4 Å². The van der Waals surface area contributed by atoms with Gasteiger partial charge in [0, 0.05) is 11.4 Å². The number of carbonyl (C=O) groups excluding carboxylic acids is 2. The van der Waals surface area contributed by atoms with Gasteiger partial charge in [-0.3, -0.25) is 4.79 Å². The van der Waals surface area contributed by atoms with Crippen molar-refractivity contribution in [1.29, 1.82) is 0 Å². The minimum absolute atomic E-state index is 0.101. The summed E-state index contributed by atoms with van der Waals surface area (Å²) in [6, 6.07) is 10.1. The first kappa shape index (κ1) is 17.6. The number of Topliss-reactive ketones (excluding diaryl/α,β-unsaturated/α-hetero) is 1. The Morgan fingerprint density at radius 1 is 1.26 bits per heavy atom. The molecule has 0 aliphatic rings. The van der Waals surface area contributed by atoms with Gasteiger partial charge < -0.3 is 4.74 Å². The predicted molar refractivity (Wildman–Crippen MR) is 89.0 cm³/mol. The van der Waals surface area contributed by atoms with Crippen molar-refractivity contribution in [2.24, 2.45) is 0 Å². The number of esters is 1. The lowest BCUT2D eigenvalue weighted by Crippen LogP contribution is -2.24. The van der Waals surface area contributed by atoms with Crippen molar-refractivity contribution in [1.82, 2.24) is 0 Å². The van der Waals surface area contributed by atoms with Crippen LogP contribution < -0.4 is 0 Å². The fraction of sp³-hybridized carbons (Fsp3) is 0.294. The van der Waals surface area contributed by atoms with Crippen molar-refractivity contribution < 1.29 is 18.7 Å². The molecule has 0 saturated heterocycles. The molecule has 2 rings (SSSR count). The second-order valence-electron chi connectivity index (χ2n) is 4.90. The van der Waals surface area contributed by atoms with Gasteiger partial charge in [0.1, 0.15) is 0 Å². The van der Waals surface area contributed by atoms with Crippen LogP contribution in [0.1, 0.15) is 34.5 Å². The molecule has 2 aromatic rings. The number of hydrogen-bond donors (Lipinski definition) is 0. The Labute approximate surface area is 143 Å². The molecule has 0 N–H and O–H groups in total. The van der Waals surface area contributed by atoms with E-state index in [1.54, 1.807) is 48.7 Å². The van der Waals surface area contributed by atoms with Crippen LogP contribution in [0.4, 0.5) is 4.39 Å². The number of ether oxygens (including phenoxy) is 1. The van der Waals surface area contributed by atoms with Crippen LogP contribution in [0.3, 0.4) is 0 Å². The first-order valence-electron chi connectivity index (χ1n) is 7.16. The summed E-state index contributed by atoms with van der Waals surface area (Å²) in [5, 5.41) is 2.31. The van der Waals surface area contributed by atoms with E-state index in [0.717, 1.165) is 0 Å². The molecule has 1 aromatic carbocycles. The number of thiophene rings is 1. The van der Waals surface area contributed by atoms with Gasteiger partial charge in [-0.2, -0.15) is 0 Å². The normalized spacial score (nSPS) is 13.3. The molecule has 122 valence electrons. The van der Waals surface area contributed by atoms with E-state index in [4.69, 9.17) is 11.6 Å². The summed E-state index contributed by atoms with van der Waals surface area (Å²) < 4.78 is 18.8. The number of hydrogen-bond acceptors (Lipinski definition) is 4. The molecular weight excluding hydrogens is 339 g/mol. The molecule has 0 saturated carbocycles. The smallest absolute Gasteiger partial charge is 0.340 e. The molecule has 23 heavy (non-hydrogen) atoms. The van der Waals surface area contributed by atoms with Crippen LogP contribution in [0.2, 0.25) is 5.02 Å². The molecule has 0 aliphatic heterocycles. The van der Waals surface area contributed by atoms with Crippen molar-refractivity contribution in [3.8, 4) is 0 Å². The van der Waals surface area contributed by atoms with Crippen LogP contribution in [-0.4, -0.2) is 24.5 Å². The third kappa shape index (κ3) is 4.62. The van der Waals surface area contributed by atoms with Gasteiger partial charge in [-0.1, -0.05) is 29.8 Å². The van der Waals surface area contributed by atoms with Gasteiger partial charge in [0.15, 0.2) is 12.0 Å². The van der Waals surface area contributed by atoms with E-state index in [-0.39, 0.29) is 18.8 Å². The fourth-order valence-corrected chi connectivity index (χ4v) is 3.06. The van der Waals surface area contributed by atoms with Crippen molar-refractivity contribution in [3.05, 3.63) is 57.2 Å². The number of carbonyl (C=O) groups is 2. The Balaban J connectivity index is 2.26. The molecule has 0 radical (unpaired) electrons. The lowest BCUT2D eigenvalue weighted by molar-refractivity contribution is -0.149. The van der Waals surface area contributed by atoms with Gasteiger partial charge in [-0.25, -0.2) is 9.18 Å². The molecule has 1 heterocycles. The van der Waals surface area contributed by atoms with Gasteiger partial charge >= 0.3 is 5.97 Å². The summed E-state index contributed by atoms with van der Waals surface area (Å²) in [6.45, 7) is 1.71. The van der Waals surface area contributed by atoms with Crippen molar-refractivity contribution in [3.63, 3.8) is 0 Å². The Morgan fingerprint density at radius 3 is 2.52 bits per heavy atom. The average Bonchev–Trinajstić information content (AvgIpc) is 3.07. The summed E-state index contributed by atoms with van der Waals surface area (Å²) in [4.78, 5) is 24.7. The number of alkyl halides is 1. The zero-order valence-electron chi connectivity index (χ0n) is 12.5. The van der Waals surface area contributed by atoms with Crippen molar-refractivity contribution in [2.45, 2.75) is 25.4 Å². The maximum atomic E-state index is 14.2. The summed E-state index contributed by atoms with van der Waals surface area (Å²) >= 11 is 7.15. The summed E-state index contributed by atoms with van der Waals surface area (Å²) in [5.74, 6) is -1.91. The molecular formula is C17H16ClFO3S. The Morgan fingerprint density at radius 2 is 1.96 bits per heavy atom. The van der Waals surface area contributed by atoms with E-state index in [2.05, 4.69) is 4.74 Å². The van der Waals surface area contributed by atoms with Crippen molar-refractivity contribution >= 4 is 34.7 Å². The highest BCUT2D eigenvalue weighted by molar-refractivity contribution is 7.12. The van der Waals surface area contributed by atoms with Crippen LogP contribution in [0.25, 0.3) is 0 Å². The highest BCUT2D eigenvalue weighted by atomic mass is 35.5. The molecule has 0 spiro atoms. The molecule has 3 nitrogen and oxygen atoms in total. The first-order chi connectivity index (χ1) is 11.0. The zero-order valence-corrected chi connectivity index (χ0v) is 14.1. The highest BCUT2D eigenvalue weighted by Gasteiger charge is 2.30. The van der Waals surface area contributed by atoms with Gasteiger partial charge in [-0.15, -0.1) is 11.3 Å². The Hall–Kier alpha value is -1.72. The van der Waals surface area contributed by atoms with Crippen LogP contribution in [0.5, 0.6) is 0 Å². The maximum Gasteiger partial charge on any atom is 0.340 e. The fourth-order valence-electron chi connectivity index (χ4n) is 2.22. The van der Waals surface area contributed by atoms with Gasteiger partial charge in [0.05, 0.1) is 17.4 Å². The molecule has 0 aliphatic carbocycles. The molecule has 2 atom stereocenters. The van der Waals surface area contributed by atoms with Gasteiger partial charge in [-0.05, 0) is 36.1 Å². The minimum Gasteiger partial charge on any atom is -0.464 e. The summed E-state index contributed by atoms with van der Waals surface area (Å²) in [5.41, 5.74) is 0.625. The third-order valence-electron chi connectivity index (χ3n) is 3.34. The molecule has 0 fully saturated rings. The zero-order chi connectivity index (χ0) is 16.8. The molecule has 2 unspecified atom stereocenters. The molecule has 1 aromatic heterocycles. The molecule has 6 heteroatoms. The number of halogens is 2. The van der Waals surface area contributed by atoms with Crippen LogP contribution in [0.15, 0.2) is 41.8 Å². The number of rotatable bonds is 7. The second kappa shape index (κ2) is 8.22. The largest absolute Gasteiger partial charge is 0.464 e. The maximum absolute atomic E-state index is 14.2. The molecule has 0 amide bonds. The van der Waals surface area contributed by atoms with Crippen molar-refractivity contribution in [2.75, 3.05) is 6.61 Å². The second-order valence-corrected chi connectivity index (χ2v) is 6.29. The Kier molecular flexibility index (Phi) is 6.30. The lowest BCUT2D eigenvalue weighted by Gasteiger charge is -2.17. The van der Waals surface area contributed by atoms with Crippen LogP contribution >= 0.6 is 22.9 Å². The van der Waals surface area contributed by atoms with E-state index in [1.165, 1.54) is 11.3 Å². The minimum atomic E-state index is -1.85. The number of benzene rings is 1. The van der Waals surface area contributed by atoms with E-state index in [9.17, 15) is 14.0 Å². The average molecular weight is 355 g/mol. The Bertz CT molecular complexity index is 655. The molecule has 0 bridgehead atoms. The monoisotopic (exact) mass is 354 g/mol. The first-order valence-corrected chi connectivity index (χ1v) is 8.42. The van der Waals surface area contributed by atoms with E-state index >= 15 is 0 Å². The quantitative estimate of drug-likeness (QED) is 0.536. The van der Waals surface area contributed by atoms with Gasteiger partial charge in [0.2, 0.25) is 0 Å². The van der Waals surface area contributed by atoms with E-state index < -0.39 is 18.1 Å². The lowest BCUT2D eigenvalue weighted by atomic mass is 9.89. The van der Waals surface area contributed by atoms with Gasteiger partial charge in [0.25, 0.3) is 0 Å². The van der Waals surface area contributed by atoms with E-state index in [1.807, 2.05) is 0 Å². The SMILES string of the molecule is CCOC(=O)C(F)CC(C(=O)c1cccs1)c1ccc(Cl)cc1. The summed E-state index contributed by atoms with van der Waals surface area (Å²) in [6.07, 6.45) is -2.10. The third-order valence-corrected chi connectivity index (χ3v) is 4.47. The number of ketones is 1. The summed E-state index contributed by atoms with van der Waals surface area (Å²) in [7, 11) is 0.